The van der Waals surface area contributed by atoms with Gasteiger partial charge in [0.1, 0.15) is 5.82 Å². The molecule has 0 spiro atoms. The minimum Gasteiger partial charge on any atom is -0.478 e. The number of carboxylic acids is 1. The molecule has 0 bridgehead atoms. The van der Waals surface area contributed by atoms with Gasteiger partial charge >= 0.3 is 5.97 Å². The van der Waals surface area contributed by atoms with Gasteiger partial charge in [-0.1, -0.05) is 6.42 Å². The van der Waals surface area contributed by atoms with Crippen molar-refractivity contribution >= 4 is 16.8 Å². The van der Waals surface area contributed by atoms with Crippen LogP contribution in [-0.4, -0.2) is 21.0 Å². The van der Waals surface area contributed by atoms with E-state index in [2.05, 4.69) is 6.07 Å². The molecule has 0 fully saturated rings. The summed E-state index contributed by atoms with van der Waals surface area (Å²) in [6.07, 6.45) is 1.99. The Kier molecular flexibility index (Phi) is 6.03. The molecule has 1 atom stereocenters. The minimum absolute atomic E-state index is 0.0746. The van der Waals surface area contributed by atoms with Crippen LogP contribution in [0.5, 0.6) is 0 Å². The summed E-state index contributed by atoms with van der Waals surface area (Å²) in [6, 6.07) is 5.48. The van der Waals surface area contributed by atoms with Crippen LogP contribution in [0.25, 0.3) is 0 Å². The van der Waals surface area contributed by atoms with E-state index in [0.717, 1.165) is 18.2 Å². The molecule has 0 aliphatic heterocycles. The van der Waals surface area contributed by atoms with Gasteiger partial charge in [-0.3, -0.25) is 4.21 Å². The summed E-state index contributed by atoms with van der Waals surface area (Å²) in [5, 5.41) is 17.7. The molecule has 0 aliphatic rings. The topological polar surface area (TPSA) is 78.2 Å². The molecule has 0 radical (unpaired) electrons. The molecule has 0 saturated heterocycles. The van der Waals surface area contributed by atoms with E-state index in [0.29, 0.717) is 19.3 Å². The van der Waals surface area contributed by atoms with Crippen LogP contribution in [0.2, 0.25) is 0 Å². The molecule has 1 aromatic rings. The van der Waals surface area contributed by atoms with Crippen molar-refractivity contribution in [1.29, 1.82) is 5.26 Å². The second-order valence-electron chi connectivity index (χ2n) is 5.45. The fourth-order valence-corrected chi connectivity index (χ4v) is 3.01. The van der Waals surface area contributed by atoms with Crippen LogP contribution in [0.1, 0.15) is 43.5 Å². The monoisotopic (exact) mass is 311 g/mol. The van der Waals surface area contributed by atoms with Crippen LogP contribution in [-0.2, 0) is 10.8 Å². The number of nitriles is 1. The summed E-state index contributed by atoms with van der Waals surface area (Å²) in [7, 11) is -1.57. The van der Waals surface area contributed by atoms with E-state index in [1.54, 1.807) is 0 Å². The first-order valence-corrected chi connectivity index (χ1v) is 7.91. The van der Waals surface area contributed by atoms with Crippen LogP contribution in [0.3, 0.4) is 0 Å². The molecule has 6 heteroatoms. The Morgan fingerprint density at radius 2 is 2.10 bits per heavy atom. The van der Waals surface area contributed by atoms with Crippen molar-refractivity contribution in [2.75, 3.05) is 5.75 Å². The number of aromatic carboxylic acids is 1. The van der Waals surface area contributed by atoms with Gasteiger partial charge in [-0.2, -0.15) is 5.26 Å². The summed E-state index contributed by atoms with van der Waals surface area (Å²) in [5.74, 6) is -1.58. The molecule has 1 N–H and O–H groups in total. The predicted octanol–water partition coefficient (Wildman–Crippen LogP) is 3.35. The van der Waals surface area contributed by atoms with E-state index in [-0.39, 0.29) is 16.2 Å². The van der Waals surface area contributed by atoms with Gasteiger partial charge in [-0.15, -0.1) is 0 Å². The molecule has 0 aliphatic carbocycles. The Morgan fingerprint density at radius 1 is 1.43 bits per heavy atom. The summed E-state index contributed by atoms with van der Waals surface area (Å²) >= 11 is 0. The first-order valence-electron chi connectivity index (χ1n) is 6.59. The van der Waals surface area contributed by atoms with E-state index in [9.17, 15) is 13.4 Å². The number of rotatable bonds is 7. The first-order chi connectivity index (χ1) is 9.76. The Balaban J connectivity index is 2.63. The SMILES string of the molecule is CC(C)(C#N)CCCCS(=O)c1cc(C(=O)O)ccc1F. The van der Waals surface area contributed by atoms with Gasteiger partial charge in [-0.05, 0) is 44.9 Å². The third-order valence-corrected chi connectivity index (χ3v) is 4.57. The quantitative estimate of drug-likeness (QED) is 0.783. The Bertz CT molecular complexity index is 593. The zero-order valence-electron chi connectivity index (χ0n) is 12.1. The van der Waals surface area contributed by atoms with Crippen molar-refractivity contribution in [2.24, 2.45) is 5.41 Å². The zero-order valence-corrected chi connectivity index (χ0v) is 12.9. The summed E-state index contributed by atoms with van der Waals surface area (Å²) in [6.45, 7) is 3.67. The lowest BCUT2D eigenvalue weighted by Crippen LogP contribution is -2.09. The maximum Gasteiger partial charge on any atom is 0.335 e. The molecule has 1 aromatic carbocycles. The zero-order chi connectivity index (χ0) is 16.0. The number of hydrogen-bond donors (Lipinski definition) is 1. The van der Waals surface area contributed by atoms with Gasteiger partial charge in [-0.25, -0.2) is 9.18 Å². The standard InChI is InChI=1S/C15H18FNO3S/c1-15(2,10-17)7-3-4-8-21(20)13-9-11(14(18)19)5-6-12(13)16/h5-6,9H,3-4,7-8H2,1-2H3,(H,18,19). The highest BCUT2D eigenvalue weighted by Crippen LogP contribution is 2.22. The Labute approximate surface area is 126 Å². The Morgan fingerprint density at radius 3 is 2.67 bits per heavy atom. The van der Waals surface area contributed by atoms with Gasteiger partial charge in [0.2, 0.25) is 0 Å². The maximum absolute atomic E-state index is 13.6. The molecule has 0 heterocycles. The van der Waals surface area contributed by atoms with Crippen molar-refractivity contribution in [3.8, 4) is 6.07 Å². The van der Waals surface area contributed by atoms with Gasteiger partial charge < -0.3 is 5.11 Å². The third kappa shape index (κ3) is 5.27. The molecule has 114 valence electrons. The van der Waals surface area contributed by atoms with Crippen molar-refractivity contribution in [2.45, 2.75) is 38.0 Å². The highest BCUT2D eigenvalue weighted by Gasteiger charge is 2.17. The average Bonchev–Trinajstić information content (AvgIpc) is 2.43. The lowest BCUT2D eigenvalue weighted by Gasteiger charge is -2.14. The lowest BCUT2D eigenvalue weighted by atomic mass is 9.89. The fraction of sp³-hybridized carbons (Fsp3) is 0.467. The smallest absolute Gasteiger partial charge is 0.335 e. The van der Waals surface area contributed by atoms with Gasteiger partial charge in [0, 0.05) is 5.75 Å². The predicted molar refractivity (Wildman–Crippen MR) is 77.9 cm³/mol. The molecule has 0 amide bonds. The lowest BCUT2D eigenvalue weighted by molar-refractivity contribution is 0.0696. The van der Waals surface area contributed by atoms with E-state index < -0.39 is 28.0 Å². The highest BCUT2D eigenvalue weighted by molar-refractivity contribution is 7.85. The van der Waals surface area contributed by atoms with Crippen LogP contribution in [0, 0.1) is 22.6 Å². The van der Waals surface area contributed by atoms with E-state index in [1.807, 2.05) is 13.8 Å². The number of carbonyl (C=O) groups is 1. The molecule has 21 heavy (non-hydrogen) atoms. The first kappa shape index (κ1) is 17.3. The fourth-order valence-electron chi connectivity index (χ4n) is 1.78. The number of nitrogens with zero attached hydrogens (tertiary/aromatic N) is 1. The number of halogens is 1. The molecule has 0 saturated carbocycles. The molecular formula is C15H18FNO3S. The molecule has 4 nitrogen and oxygen atoms in total. The number of hydrogen-bond acceptors (Lipinski definition) is 3. The van der Waals surface area contributed by atoms with Gasteiger partial charge in [0.15, 0.2) is 0 Å². The molecule has 0 aromatic heterocycles. The summed E-state index contributed by atoms with van der Waals surface area (Å²) in [4.78, 5) is 10.8. The van der Waals surface area contributed by atoms with Gasteiger partial charge in [0.05, 0.1) is 32.7 Å². The second kappa shape index (κ2) is 7.32. The summed E-state index contributed by atoms with van der Waals surface area (Å²) < 4.78 is 25.7. The number of unbranched alkanes of at least 4 members (excludes halogenated alkanes) is 1. The summed E-state index contributed by atoms with van der Waals surface area (Å²) in [5.41, 5.74) is -0.499. The molecule has 1 rings (SSSR count). The van der Waals surface area contributed by atoms with E-state index in [4.69, 9.17) is 10.4 Å². The highest BCUT2D eigenvalue weighted by atomic mass is 32.2. The van der Waals surface area contributed by atoms with E-state index >= 15 is 0 Å². The van der Waals surface area contributed by atoms with Crippen LogP contribution in [0.15, 0.2) is 23.1 Å². The van der Waals surface area contributed by atoms with Crippen molar-refractivity contribution in [1.82, 2.24) is 0 Å². The molecule has 1 unspecified atom stereocenters. The van der Waals surface area contributed by atoms with Crippen LogP contribution in [0.4, 0.5) is 4.39 Å². The van der Waals surface area contributed by atoms with Crippen LogP contribution < -0.4 is 0 Å². The van der Waals surface area contributed by atoms with Crippen molar-refractivity contribution in [3.63, 3.8) is 0 Å². The molecular weight excluding hydrogens is 293 g/mol. The third-order valence-electron chi connectivity index (χ3n) is 3.11. The number of benzene rings is 1. The Hall–Kier alpha value is -1.74. The van der Waals surface area contributed by atoms with Gasteiger partial charge in [0.25, 0.3) is 0 Å². The minimum atomic E-state index is -1.57. The van der Waals surface area contributed by atoms with Crippen LogP contribution >= 0.6 is 0 Å². The number of carboxylic acid groups (broad SMARTS) is 1. The second-order valence-corrected chi connectivity index (χ2v) is 6.99. The largest absolute Gasteiger partial charge is 0.478 e. The average molecular weight is 311 g/mol. The van der Waals surface area contributed by atoms with Crippen molar-refractivity contribution < 1.29 is 18.5 Å². The van der Waals surface area contributed by atoms with Crippen molar-refractivity contribution in [3.05, 3.63) is 29.6 Å². The normalized spacial score (nSPS) is 12.7. The van der Waals surface area contributed by atoms with E-state index in [1.165, 1.54) is 0 Å². The maximum atomic E-state index is 13.6.